The maximum atomic E-state index is 10.0. The van der Waals surface area contributed by atoms with Gasteiger partial charge in [0.25, 0.3) is 0 Å². The summed E-state index contributed by atoms with van der Waals surface area (Å²) in [5.74, 6) is 2.40. The third-order valence-corrected chi connectivity index (χ3v) is 3.53. The van der Waals surface area contributed by atoms with Crippen molar-refractivity contribution in [3.63, 3.8) is 0 Å². The van der Waals surface area contributed by atoms with Crippen LogP contribution >= 0.6 is 0 Å². The Morgan fingerprint density at radius 1 is 0.667 bits per heavy atom. The minimum absolute atomic E-state index is 0.0938. The molecule has 0 fully saturated rings. The number of fused-ring (bicyclic) bond motifs is 2. The third kappa shape index (κ3) is 1.96. The molecule has 4 rings (SSSR count). The molecule has 2 aromatic carbocycles. The van der Waals surface area contributed by atoms with Gasteiger partial charge in [-0.2, -0.15) is 0 Å². The lowest BCUT2D eigenvalue weighted by Crippen LogP contribution is -1.93. The highest BCUT2D eigenvalue weighted by atomic mass is 16.7. The van der Waals surface area contributed by atoms with Crippen molar-refractivity contribution in [2.75, 3.05) is 13.6 Å². The van der Waals surface area contributed by atoms with Crippen molar-refractivity contribution in [1.82, 2.24) is 0 Å². The van der Waals surface area contributed by atoms with E-state index in [9.17, 15) is 10.2 Å². The molecule has 0 aliphatic carbocycles. The van der Waals surface area contributed by atoms with Crippen LogP contribution in [0.3, 0.4) is 0 Å². The van der Waals surface area contributed by atoms with E-state index in [1.807, 2.05) is 0 Å². The summed E-state index contributed by atoms with van der Waals surface area (Å²) in [5, 5.41) is 20.1. The van der Waals surface area contributed by atoms with Gasteiger partial charge in [-0.3, -0.25) is 0 Å². The van der Waals surface area contributed by atoms with Gasteiger partial charge in [0.1, 0.15) is 11.5 Å². The van der Waals surface area contributed by atoms with Gasteiger partial charge in [0.2, 0.25) is 13.6 Å². The summed E-state index contributed by atoms with van der Waals surface area (Å²) < 4.78 is 21.0. The van der Waals surface area contributed by atoms with Crippen molar-refractivity contribution in [2.45, 2.75) is 6.42 Å². The molecule has 2 aromatic rings. The fraction of sp³-hybridized carbons (Fsp3) is 0.200. The van der Waals surface area contributed by atoms with Gasteiger partial charge in [-0.25, -0.2) is 0 Å². The van der Waals surface area contributed by atoms with Crippen molar-refractivity contribution in [1.29, 1.82) is 0 Å². The van der Waals surface area contributed by atoms with Gasteiger partial charge in [-0.05, 0) is 12.1 Å². The van der Waals surface area contributed by atoms with Crippen molar-refractivity contribution < 1.29 is 29.2 Å². The Labute approximate surface area is 120 Å². The Morgan fingerprint density at radius 2 is 1.05 bits per heavy atom. The molecule has 0 aromatic heterocycles. The van der Waals surface area contributed by atoms with Gasteiger partial charge < -0.3 is 29.2 Å². The first kappa shape index (κ1) is 12.0. The van der Waals surface area contributed by atoms with Crippen LogP contribution in [0.4, 0.5) is 0 Å². The van der Waals surface area contributed by atoms with Gasteiger partial charge in [-0.15, -0.1) is 0 Å². The van der Waals surface area contributed by atoms with Crippen LogP contribution in [0.15, 0.2) is 24.3 Å². The summed E-state index contributed by atoms with van der Waals surface area (Å²) in [6.07, 6.45) is 0.338. The Bertz CT molecular complexity index is 663. The first-order chi connectivity index (χ1) is 10.2. The van der Waals surface area contributed by atoms with E-state index in [-0.39, 0.29) is 25.1 Å². The molecule has 6 heteroatoms. The Kier molecular flexibility index (Phi) is 2.50. The van der Waals surface area contributed by atoms with Crippen LogP contribution in [0.5, 0.6) is 34.5 Å². The zero-order valence-electron chi connectivity index (χ0n) is 11.0. The molecule has 2 aliphatic heterocycles. The number of hydrogen-bond donors (Lipinski definition) is 2. The minimum Gasteiger partial charge on any atom is -0.508 e. The number of aromatic hydroxyl groups is 2. The molecule has 21 heavy (non-hydrogen) atoms. The van der Waals surface area contributed by atoms with E-state index in [1.54, 1.807) is 12.1 Å². The number of rotatable bonds is 2. The summed E-state index contributed by atoms with van der Waals surface area (Å²) in [4.78, 5) is 0. The topological polar surface area (TPSA) is 77.4 Å². The molecule has 0 amide bonds. The smallest absolute Gasteiger partial charge is 0.231 e. The molecular formula is C15H12O6. The first-order valence-corrected chi connectivity index (χ1v) is 6.43. The predicted molar refractivity (Wildman–Crippen MR) is 71.3 cm³/mol. The lowest BCUT2D eigenvalue weighted by Gasteiger charge is -2.09. The first-order valence-electron chi connectivity index (χ1n) is 6.43. The van der Waals surface area contributed by atoms with Gasteiger partial charge >= 0.3 is 0 Å². The second-order valence-electron chi connectivity index (χ2n) is 4.85. The molecule has 108 valence electrons. The maximum Gasteiger partial charge on any atom is 0.231 e. The molecular weight excluding hydrogens is 276 g/mol. The minimum atomic E-state index is 0.0938. The Hall–Kier alpha value is -2.76. The van der Waals surface area contributed by atoms with E-state index in [2.05, 4.69) is 0 Å². The third-order valence-electron chi connectivity index (χ3n) is 3.53. The van der Waals surface area contributed by atoms with E-state index in [1.165, 1.54) is 12.1 Å². The number of hydrogen-bond acceptors (Lipinski definition) is 6. The molecule has 0 saturated carbocycles. The number of phenolic OH excluding ortho intramolecular Hbond substituents is 2. The average molecular weight is 288 g/mol. The van der Waals surface area contributed by atoms with Crippen LogP contribution in [-0.4, -0.2) is 23.8 Å². The summed E-state index contributed by atoms with van der Waals surface area (Å²) >= 11 is 0. The number of ether oxygens (including phenoxy) is 4. The average Bonchev–Trinajstić information content (AvgIpc) is 3.07. The summed E-state index contributed by atoms with van der Waals surface area (Å²) in [5.41, 5.74) is 1.27. The van der Waals surface area contributed by atoms with Crippen molar-refractivity contribution >= 4 is 0 Å². The molecule has 0 bridgehead atoms. The zero-order valence-corrected chi connectivity index (χ0v) is 11.0. The van der Waals surface area contributed by atoms with Crippen LogP contribution in [-0.2, 0) is 6.42 Å². The molecule has 2 heterocycles. The predicted octanol–water partition coefficient (Wildman–Crippen LogP) is 2.15. The van der Waals surface area contributed by atoms with Gasteiger partial charge in [-0.1, -0.05) is 0 Å². The molecule has 2 aliphatic rings. The van der Waals surface area contributed by atoms with E-state index in [0.717, 1.165) is 0 Å². The fourth-order valence-electron chi connectivity index (χ4n) is 2.44. The zero-order chi connectivity index (χ0) is 14.4. The summed E-state index contributed by atoms with van der Waals surface area (Å²) in [7, 11) is 0. The van der Waals surface area contributed by atoms with E-state index in [0.29, 0.717) is 40.5 Å². The Balaban J connectivity index is 1.70. The summed E-state index contributed by atoms with van der Waals surface area (Å²) in [6, 6.07) is 6.45. The lowest BCUT2D eigenvalue weighted by atomic mass is 10.0. The second-order valence-corrected chi connectivity index (χ2v) is 4.85. The molecule has 0 radical (unpaired) electrons. The molecule has 6 nitrogen and oxygen atoms in total. The highest BCUT2D eigenvalue weighted by molar-refractivity contribution is 5.56. The molecule has 0 spiro atoms. The van der Waals surface area contributed by atoms with Crippen molar-refractivity contribution in [2.24, 2.45) is 0 Å². The molecule has 0 saturated heterocycles. The maximum absolute atomic E-state index is 10.0. The van der Waals surface area contributed by atoms with E-state index < -0.39 is 0 Å². The molecule has 0 unspecified atom stereocenters. The van der Waals surface area contributed by atoms with Crippen LogP contribution in [0.25, 0.3) is 0 Å². The van der Waals surface area contributed by atoms with Gasteiger partial charge in [0.15, 0.2) is 23.0 Å². The van der Waals surface area contributed by atoms with E-state index in [4.69, 9.17) is 18.9 Å². The highest BCUT2D eigenvalue weighted by Crippen LogP contribution is 2.41. The highest BCUT2D eigenvalue weighted by Gasteiger charge is 2.20. The van der Waals surface area contributed by atoms with Gasteiger partial charge in [0.05, 0.1) is 0 Å². The van der Waals surface area contributed by atoms with Crippen LogP contribution in [0.1, 0.15) is 11.1 Å². The molecule has 2 N–H and O–H groups in total. The Morgan fingerprint density at radius 3 is 1.48 bits per heavy atom. The lowest BCUT2D eigenvalue weighted by molar-refractivity contribution is 0.173. The second kappa shape index (κ2) is 4.37. The largest absolute Gasteiger partial charge is 0.508 e. The normalized spacial score (nSPS) is 14.5. The SMILES string of the molecule is Oc1cc2c(cc1Cc1cc3c(cc1O)OCO3)OCO2. The molecule has 0 atom stereocenters. The van der Waals surface area contributed by atoms with Crippen LogP contribution in [0, 0.1) is 0 Å². The van der Waals surface area contributed by atoms with Crippen LogP contribution in [0.2, 0.25) is 0 Å². The number of phenols is 2. The van der Waals surface area contributed by atoms with Crippen molar-refractivity contribution in [3.8, 4) is 34.5 Å². The van der Waals surface area contributed by atoms with Gasteiger partial charge in [0, 0.05) is 29.7 Å². The fourth-order valence-corrected chi connectivity index (χ4v) is 2.44. The monoisotopic (exact) mass is 288 g/mol. The van der Waals surface area contributed by atoms with Crippen LogP contribution < -0.4 is 18.9 Å². The standard InChI is InChI=1S/C15H12O6/c16-10-4-14-12(18-6-20-14)2-8(10)1-9-3-13-15(5-11(9)17)21-7-19-13/h2-5,16-17H,1,6-7H2. The van der Waals surface area contributed by atoms with Crippen molar-refractivity contribution in [3.05, 3.63) is 35.4 Å². The quantitative estimate of drug-likeness (QED) is 0.881. The summed E-state index contributed by atoms with van der Waals surface area (Å²) in [6.45, 7) is 0.293. The van der Waals surface area contributed by atoms with E-state index >= 15 is 0 Å². The number of benzene rings is 2.